The molecule has 1 aliphatic heterocycles. The molecule has 0 unspecified atom stereocenters. The maximum absolute atomic E-state index is 12.4. The SMILES string of the molecule is Cn1nc(C(F)(F)F)cc1OC1(C)CNC1. The first-order valence-corrected chi connectivity index (χ1v) is 4.81. The third-order valence-electron chi connectivity index (χ3n) is 2.48. The monoisotopic (exact) mass is 235 g/mol. The molecule has 1 saturated heterocycles. The molecular formula is C9H12F3N3O. The predicted molar refractivity (Wildman–Crippen MR) is 50.1 cm³/mol. The van der Waals surface area contributed by atoms with Crippen LogP contribution in [0.2, 0.25) is 0 Å². The van der Waals surface area contributed by atoms with Crippen LogP contribution in [0.25, 0.3) is 0 Å². The van der Waals surface area contributed by atoms with Crippen LogP contribution in [-0.4, -0.2) is 28.5 Å². The number of aromatic nitrogens is 2. The molecule has 0 radical (unpaired) electrons. The smallest absolute Gasteiger partial charge is 0.435 e. The minimum absolute atomic E-state index is 0.135. The van der Waals surface area contributed by atoms with Crippen molar-refractivity contribution < 1.29 is 17.9 Å². The van der Waals surface area contributed by atoms with Crippen molar-refractivity contribution in [2.75, 3.05) is 13.1 Å². The van der Waals surface area contributed by atoms with Gasteiger partial charge >= 0.3 is 6.18 Å². The molecular weight excluding hydrogens is 223 g/mol. The average molecular weight is 235 g/mol. The molecule has 90 valence electrons. The topological polar surface area (TPSA) is 39.1 Å². The molecule has 1 aromatic heterocycles. The average Bonchev–Trinajstić information content (AvgIpc) is 2.44. The van der Waals surface area contributed by atoms with Gasteiger partial charge in [0, 0.05) is 26.2 Å². The van der Waals surface area contributed by atoms with Gasteiger partial charge in [-0.15, -0.1) is 0 Å². The highest BCUT2D eigenvalue weighted by Gasteiger charge is 2.38. The zero-order valence-electron chi connectivity index (χ0n) is 8.93. The highest BCUT2D eigenvalue weighted by atomic mass is 19.4. The molecule has 1 fully saturated rings. The van der Waals surface area contributed by atoms with Crippen LogP contribution in [-0.2, 0) is 13.2 Å². The van der Waals surface area contributed by atoms with Crippen LogP contribution < -0.4 is 10.1 Å². The van der Waals surface area contributed by atoms with Gasteiger partial charge in [0.05, 0.1) is 0 Å². The van der Waals surface area contributed by atoms with Crippen molar-refractivity contribution in [1.82, 2.24) is 15.1 Å². The second-order valence-corrected chi connectivity index (χ2v) is 4.14. The Balaban J connectivity index is 2.19. The molecule has 0 atom stereocenters. The van der Waals surface area contributed by atoms with E-state index in [1.165, 1.54) is 7.05 Å². The number of nitrogens with zero attached hydrogens (tertiary/aromatic N) is 2. The van der Waals surface area contributed by atoms with E-state index in [0.717, 1.165) is 10.7 Å². The first kappa shape index (κ1) is 11.3. The molecule has 16 heavy (non-hydrogen) atoms. The summed E-state index contributed by atoms with van der Waals surface area (Å²) in [6.45, 7) is 3.09. The van der Waals surface area contributed by atoms with Crippen molar-refractivity contribution in [3.05, 3.63) is 11.8 Å². The highest BCUT2D eigenvalue weighted by molar-refractivity contribution is 5.19. The van der Waals surface area contributed by atoms with Crippen molar-refractivity contribution >= 4 is 0 Å². The van der Waals surface area contributed by atoms with Gasteiger partial charge in [0.15, 0.2) is 5.69 Å². The van der Waals surface area contributed by atoms with Crippen LogP contribution >= 0.6 is 0 Å². The lowest BCUT2D eigenvalue weighted by Crippen LogP contribution is -2.61. The van der Waals surface area contributed by atoms with Gasteiger partial charge in [0.25, 0.3) is 0 Å². The van der Waals surface area contributed by atoms with Gasteiger partial charge in [-0.25, -0.2) is 4.68 Å². The summed E-state index contributed by atoms with van der Waals surface area (Å²) in [5.41, 5.74) is -1.36. The normalized spacial score (nSPS) is 19.3. The fourth-order valence-corrected chi connectivity index (χ4v) is 1.49. The first-order valence-electron chi connectivity index (χ1n) is 4.81. The van der Waals surface area contributed by atoms with Gasteiger partial charge in [-0.2, -0.15) is 18.3 Å². The molecule has 1 aliphatic rings. The number of ether oxygens (including phenoxy) is 1. The van der Waals surface area contributed by atoms with Crippen molar-refractivity contribution in [2.24, 2.45) is 7.05 Å². The van der Waals surface area contributed by atoms with Gasteiger partial charge < -0.3 is 10.1 Å². The van der Waals surface area contributed by atoms with Crippen molar-refractivity contribution in [3.63, 3.8) is 0 Å². The summed E-state index contributed by atoms with van der Waals surface area (Å²) < 4.78 is 43.7. The van der Waals surface area contributed by atoms with Crippen LogP contribution in [0.15, 0.2) is 6.07 Å². The summed E-state index contributed by atoms with van der Waals surface area (Å²) in [7, 11) is 1.43. The summed E-state index contributed by atoms with van der Waals surface area (Å²) in [5.74, 6) is 0.135. The van der Waals surface area contributed by atoms with E-state index in [9.17, 15) is 13.2 Å². The minimum atomic E-state index is -4.43. The molecule has 0 aliphatic carbocycles. The zero-order valence-corrected chi connectivity index (χ0v) is 8.93. The fourth-order valence-electron chi connectivity index (χ4n) is 1.49. The van der Waals surface area contributed by atoms with E-state index in [1.807, 2.05) is 6.92 Å². The third kappa shape index (κ3) is 1.99. The molecule has 0 saturated carbocycles. The summed E-state index contributed by atoms with van der Waals surface area (Å²) in [4.78, 5) is 0. The van der Waals surface area contributed by atoms with E-state index < -0.39 is 17.5 Å². The summed E-state index contributed by atoms with van der Waals surface area (Å²) in [6, 6.07) is 0.920. The number of alkyl halides is 3. The largest absolute Gasteiger partial charge is 0.469 e. The van der Waals surface area contributed by atoms with Gasteiger partial charge in [-0.05, 0) is 6.92 Å². The first-order chi connectivity index (χ1) is 7.30. The van der Waals surface area contributed by atoms with Gasteiger partial charge in [-0.1, -0.05) is 0 Å². The molecule has 4 nitrogen and oxygen atoms in total. The van der Waals surface area contributed by atoms with Gasteiger partial charge in [-0.3, -0.25) is 0 Å². The maximum Gasteiger partial charge on any atom is 0.435 e. The molecule has 1 N–H and O–H groups in total. The van der Waals surface area contributed by atoms with Crippen molar-refractivity contribution in [3.8, 4) is 5.88 Å². The third-order valence-corrected chi connectivity index (χ3v) is 2.48. The lowest BCUT2D eigenvalue weighted by Gasteiger charge is -2.38. The Kier molecular flexibility index (Phi) is 2.37. The number of hydrogen-bond donors (Lipinski definition) is 1. The molecule has 7 heteroatoms. The zero-order chi connectivity index (χ0) is 12.0. The van der Waals surface area contributed by atoms with E-state index in [1.54, 1.807) is 0 Å². The standard InChI is InChI=1S/C9H12F3N3O/c1-8(4-13-5-8)16-7-3-6(9(10,11)12)14-15(7)2/h3,13H,4-5H2,1-2H3. The number of aryl methyl sites for hydroxylation is 1. The molecule has 0 spiro atoms. The van der Waals surface area contributed by atoms with E-state index in [-0.39, 0.29) is 5.88 Å². The Morgan fingerprint density at radius 3 is 2.50 bits per heavy atom. The quantitative estimate of drug-likeness (QED) is 0.836. The summed E-state index contributed by atoms with van der Waals surface area (Å²) in [6.07, 6.45) is -4.43. The molecule has 2 rings (SSSR count). The van der Waals surface area contributed by atoms with Crippen LogP contribution in [0.4, 0.5) is 13.2 Å². The van der Waals surface area contributed by atoms with Crippen molar-refractivity contribution in [1.29, 1.82) is 0 Å². The van der Waals surface area contributed by atoms with Crippen LogP contribution in [0.5, 0.6) is 5.88 Å². The second kappa shape index (κ2) is 3.38. The summed E-state index contributed by atoms with van der Waals surface area (Å²) in [5, 5.41) is 6.37. The van der Waals surface area contributed by atoms with E-state index >= 15 is 0 Å². The van der Waals surface area contributed by atoms with E-state index in [4.69, 9.17) is 4.74 Å². The number of halogens is 3. The maximum atomic E-state index is 12.4. The Morgan fingerprint density at radius 1 is 1.50 bits per heavy atom. The molecule has 0 bridgehead atoms. The van der Waals surface area contributed by atoms with E-state index in [2.05, 4.69) is 10.4 Å². The lowest BCUT2D eigenvalue weighted by molar-refractivity contribution is -0.141. The molecule has 0 aromatic carbocycles. The van der Waals surface area contributed by atoms with Gasteiger partial charge in [0.2, 0.25) is 5.88 Å². The predicted octanol–water partition coefficient (Wildman–Crippen LogP) is 1.18. The van der Waals surface area contributed by atoms with Crippen molar-refractivity contribution in [2.45, 2.75) is 18.7 Å². The van der Waals surface area contributed by atoms with E-state index in [0.29, 0.717) is 13.1 Å². The second-order valence-electron chi connectivity index (χ2n) is 4.14. The molecule has 0 amide bonds. The minimum Gasteiger partial charge on any atom is -0.469 e. The fraction of sp³-hybridized carbons (Fsp3) is 0.667. The number of hydrogen-bond acceptors (Lipinski definition) is 3. The lowest BCUT2D eigenvalue weighted by atomic mass is 10.0. The van der Waals surface area contributed by atoms with Gasteiger partial charge in [0.1, 0.15) is 5.60 Å². The highest BCUT2D eigenvalue weighted by Crippen LogP contribution is 2.31. The molecule has 2 heterocycles. The Morgan fingerprint density at radius 2 is 2.12 bits per heavy atom. The number of rotatable bonds is 2. The van der Waals surface area contributed by atoms with Crippen LogP contribution in [0.1, 0.15) is 12.6 Å². The van der Waals surface area contributed by atoms with Crippen LogP contribution in [0, 0.1) is 0 Å². The molecule has 1 aromatic rings. The number of nitrogens with one attached hydrogen (secondary N) is 1. The Bertz CT molecular complexity index is 395. The summed E-state index contributed by atoms with van der Waals surface area (Å²) >= 11 is 0. The Hall–Kier alpha value is -1.24. The van der Waals surface area contributed by atoms with Crippen LogP contribution in [0.3, 0.4) is 0 Å². The Labute approximate surface area is 90.4 Å².